The largest absolute Gasteiger partial charge is 1.00 e. The topological polar surface area (TPSA) is 263 Å². The molecule has 0 saturated carbocycles. The number of halogens is 2. The number of amides is 2. The van der Waals surface area contributed by atoms with E-state index in [4.69, 9.17) is 61.1 Å². The second kappa shape index (κ2) is 32.1. The number of nitrogens with zero attached hydrogens (tertiary/aromatic N) is 7. The first-order chi connectivity index (χ1) is 36.7. The molecule has 2 aliphatic heterocycles. The number of ether oxygens (including phenoxy) is 2. The molecule has 2 aliphatic rings. The number of para-hydroxylation sites is 3. The molecule has 9 rings (SSSR count). The number of aromatic nitrogens is 6. The predicted octanol–water partition coefficient (Wildman–Crippen LogP) is 1.92. The van der Waals surface area contributed by atoms with Crippen molar-refractivity contribution in [1.29, 1.82) is 0 Å². The normalized spacial score (nSPS) is 17.2. The number of nitrogens with one attached hydrogen (secondary N) is 5. The van der Waals surface area contributed by atoms with Crippen molar-refractivity contribution in [3.63, 3.8) is 0 Å². The average molecular weight is 1190 g/mol. The van der Waals surface area contributed by atoms with E-state index in [1.807, 2.05) is 116 Å². The third kappa shape index (κ3) is 20.8. The number of H-pyrrole nitrogens is 1. The van der Waals surface area contributed by atoms with Crippen molar-refractivity contribution in [3.05, 3.63) is 114 Å². The molecule has 0 spiro atoms. The zero-order chi connectivity index (χ0) is 55.9. The Morgan fingerprint density at radius 3 is 1.61 bits per heavy atom. The number of fused-ring (bicyclic) bond motifs is 2. The Labute approximate surface area is 559 Å². The van der Waals surface area contributed by atoms with Gasteiger partial charge in [-0.05, 0) is 92.7 Å². The fourth-order valence-corrected chi connectivity index (χ4v) is 9.45. The summed E-state index contributed by atoms with van der Waals surface area (Å²) < 4.78 is 29.6. The molecule has 0 aliphatic carbocycles. The van der Waals surface area contributed by atoms with Gasteiger partial charge in [-0.3, -0.25) is 4.79 Å². The molecule has 6 heterocycles. The smallest absolute Gasteiger partial charge is 1.00 e. The Morgan fingerprint density at radius 2 is 1.13 bits per heavy atom. The summed E-state index contributed by atoms with van der Waals surface area (Å²) in [5.41, 5.74) is 5.30. The van der Waals surface area contributed by atoms with Crippen LogP contribution in [0.5, 0.6) is 0 Å². The van der Waals surface area contributed by atoms with Gasteiger partial charge in [-0.25, -0.2) is 29.5 Å². The summed E-state index contributed by atoms with van der Waals surface area (Å²) in [5, 5.41) is 24.4. The third-order valence-corrected chi connectivity index (χ3v) is 12.3. The Kier molecular flexibility index (Phi) is 27.4. The molecule has 7 aromatic rings. The van der Waals surface area contributed by atoms with E-state index < -0.39 is 35.0 Å². The van der Waals surface area contributed by atoms with Gasteiger partial charge >= 0.3 is 127 Å². The van der Waals surface area contributed by atoms with Gasteiger partial charge in [0.05, 0.1) is 39.3 Å². The number of likely N-dealkylation sites (tertiary alicyclic amines) is 2. The van der Waals surface area contributed by atoms with Crippen LogP contribution >= 0.6 is 23.2 Å². The Bertz CT molecular complexity index is 3150. The van der Waals surface area contributed by atoms with Gasteiger partial charge in [-0.1, -0.05) is 77.8 Å². The van der Waals surface area contributed by atoms with Gasteiger partial charge in [0.15, 0.2) is 0 Å². The standard InChI is InChI=1S/C29H33ClN6O2.C23H29ClN6O2.CH2O3.2K.O2S.H/c1-29(2,3)38-28(37)33-20-14-19(16-35(4)17-20)32-27-31-15-24(30)26(34-27)23-18-36(21-10-6-5-7-11-21)25-13-9-8-12-22(23)25;1-23(2,3)32-22(31)28-15-9-14(12-30(4)13-15)27-21-26-11-18(24)20(29-21)17-10-25-19-8-6-5-7-16(17)19;2-1-4-3;;;1-3-2;/h5-13,15,18-20H,14,16-17H2,1-4H3,(H,33,37)(H,31,32,34);5-8,10-11,14-15,25H,9,12-13H2,1-4H3,(H,28,31)(H,26,27,29);1,3H;;;;/q;;;2*+1;;-1/p-1/t19-,20+;14-,15+;;;;;/m11...../s1. The van der Waals surface area contributed by atoms with E-state index in [1.54, 1.807) is 12.4 Å². The summed E-state index contributed by atoms with van der Waals surface area (Å²) in [4.78, 5) is 61.8. The first kappa shape index (κ1) is 67.6. The van der Waals surface area contributed by atoms with Crippen molar-refractivity contribution in [2.75, 3.05) is 50.9 Å². The zero-order valence-electron chi connectivity index (χ0n) is 46.9. The van der Waals surface area contributed by atoms with Gasteiger partial charge in [0.25, 0.3) is 6.47 Å². The van der Waals surface area contributed by atoms with Crippen LogP contribution in [0.2, 0.25) is 10.0 Å². The number of carbonyl (C=O) groups excluding carboxylic acids is 3. The fourth-order valence-electron chi connectivity index (χ4n) is 9.06. The van der Waals surface area contributed by atoms with Crippen LogP contribution in [0.4, 0.5) is 21.5 Å². The van der Waals surface area contributed by atoms with Crippen LogP contribution in [-0.2, 0) is 30.7 Å². The Morgan fingerprint density at radius 1 is 0.696 bits per heavy atom. The summed E-state index contributed by atoms with van der Waals surface area (Å²) in [5.74, 6) is 1.00. The molecule has 79 heavy (non-hydrogen) atoms. The molecular formula is C53H64Cl2K2N12O9S. The number of carbonyl (C=O) groups is 3. The quantitative estimate of drug-likeness (QED) is 0.0567. The van der Waals surface area contributed by atoms with E-state index in [1.165, 1.54) is 0 Å². The third-order valence-electron chi connectivity index (χ3n) is 11.7. The number of hydrogen-bond acceptors (Lipinski definition) is 17. The monoisotopic (exact) mass is 1190 g/mol. The summed E-state index contributed by atoms with van der Waals surface area (Å²) >= 11 is 12.4. The van der Waals surface area contributed by atoms with E-state index in [0.717, 1.165) is 77.6 Å². The number of anilines is 2. The van der Waals surface area contributed by atoms with Crippen molar-refractivity contribution in [1.82, 2.24) is 49.9 Å². The Balaban J connectivity index is 0.000000368. The van der Waals surface area contributed by atoms with Gasteiger partial charge in [0, 0.05) is 95.8 Å². The van der Waals surface area contributed by atoms with Gasteiger partial charge in [0.2, 0.25) is 11.9 Å². The van der Waals surface area contributed by atoms with Crippen LogP contribution in [-0.4, -0.2) is 142 Å². The molecule has 26 heteroatoms. The first-order valence-corrected chi connectivity index (χ1v) is 25.9. The molecule has 2 amide bonds. The van der Waals surface area contributed by atoms with Crippen LogP contribution < -0.4 is 129 Å². The fraction of sp³-hybridized carbons (Fsp3) is 0.377. The maximum Gasteiger partial charge on any atom is 1.00 e. The number of aromatic amines is 1. The van der Waals surface area contributed by atoms with Crippen LogP contribution in [0.3, 0.4) is 0 Å². The molecular weight excluding hydrogens is 1130 g/mol. The molecule has 21 nitrogen and oxygen atoms in total. The second-order valence-corrected chi connectivity index (χ2v) is 21.3. The summed E-state index contributed by atoms with van der Waals surface area (Å²) in [6, 6.07) is 26.5. The van der Waals surface area contributed by atoms with E-state index in [-0.39, 0.29) is 135 Å². The van der Waals surface area contributed by atoms with Crippen molar-refractivity contribution in [2.45, 2.75) is 89.8 Å². The molecule has 4 aromatic heterocycles. The maximum absolute atomic E-state index is 12.3. The molecule has 412 valence electrons. The molecule has 2 saturated heterocycles. The molecule has 0 radical (unpaired) electrons. The van der Waals surface area contributed by atoms with E-state index in [2.05, 4.69) is 85.9 Å². The molecule has 0 bridgehead atoms. The van der Waals surface area contributed by atoms with E-state index >= 15 is 0 Å². The summed E-state index contributed by atoms with van der Waals surface area (Å²) in [6.07, 6.45) is 7.90. The predicted molar refractivity (Wildman–Crippen MR) is 296 cm³/mol. The van der Waals surface area contributed by atoms with Crippen LogP contribution in [0.1, 0.15) is 55.8 Å². The maximum atomic E-state index is 12.3. The first-order valence-electron chi connectivity index (χ1n) is 24.5. The number of rotatable bonds is 10. The number of likely N-dealkylation sites (N-methyl/N-ethyl adjacent to an activating group) is 2. The minimum Gasteiger partial charge on any atom is -1.00 e. The SMILES string of the molecule is CN1C[C@@H](NC(=O)OC(C)(C)C)C[C@@H](Nc2ncc(Cl)c(-c3c[nH]c4ccccc34)n2)C1.CN1C[C@@H](NC(=O)OC(C)(C)C)C[C@@H](Nc2ncc(Cl)c(-c3cn(-c4ccccc4)c4ccccc34)n2)C1.O=CO[O-].O=S=O.[H-].[K+].[K+]. The van der Waals surface area contributed by atoms with Crippen LogP contribution in [0, 0.1) is 0 Å². The molecule has 0 unspecified atom stereocenters. The minimum absolute atomic E-state index is 0. The number of benzene rings is 3. The van der Waals surface area contributed by atoms with Crippen molar-refractivity contribution < 1.29 is 147 Å². The average Bonchev–Trinajstić information content (AvgIpc) is 3.97. The Hall–Kier alpha value is -3.94. The van der Waals surface area contributed by atoms with Gasteiger partial charge in [-0.15, -0.1) is 0 Å². The second-order valence-electron chi connectivity index (χ2n) is 20.3. The van der Waals surface area contributed by atoms with Crippen LogP contribution in [0.15, 0.2) is 104 Å². The van der Waals surface area contributed by atoms with Gasteiger partial charge in [-0.2, -0.15) is 8.42 Å². The molecule has 5 N–H and O–H groups in total. The molecule has 2 fully saturated rings. The van der Waals surface area contributed by atoms with Crippen LogP contribution in [0.25, 0.3) is 50.0 Å². The minimum atomic E-state index is -0.750. The zero-order valence-corrected chi connectivity index (χ0v) is 54.5. The van der Waals surface area contributed by atoms with Gasteiger partial charge < -0.3 is 61.7 Å². The molecule has 4 atom stereocenters. The summed E-state index contributed by atoms with van der Waals surface area (Å²) in [6.45, 7) is 14.0. The van der Waals surface area contributed by atoms with Crippen molar-refractivity contribution in [3.8, 4) is 28.2 Å². The van der Waals surface area contributed by atoms with Crippen molar-refractivity contribution >= 4 is 87.1 Å². The summed E-state index contributed by atoms with van der Waals surface area (Å²) in [7, 11) is 4.06. The van der Waals surface area contributed by atoms with Crippen molar-refractivity contribution in [2.24, 2.45) is 0 Å². The number of hydrogen-bond donors (Lipinski definition) is 5. The van der Waals surface area contributed by atoms with E-state index in [9.17, 15) is 9.59 Å². The number of piperidine rings is 2. The molecule has 3 aromatic carbocycles. The van der Waals surface area contributed by atoms with E-state index in [0.29, 0.717) is 33.3 Å². The number of alkyl carbamates (subject to hydrolysis) is 2. The van der Waals surface area contributed by atoms with Gasteiger partial charge in [0.1, 0.15) is 11.2 Å².